The highest BCUT2D eigenvalue weighted by Crippen LogP contribution is 2.42. The highest BCUT2D eigenvalue weighted by atomic mass is 79.9. The molecule has 0 amide bonds. The number of hydrogen-bond acceptors (Lipinski definition) is 7. The number of aromatic amines is 1. The van der Waals surface area contributed by atoms with Gasteiger partial charge in [0.1, 0.15) is 17.9 Å². The van der Waals surface area contributed by atoms with E-state index >= 15 is 0 Å². The van der Waals surface area contributed by atoms with Crippen LogP contribution in [0.4, 0.5) is 0 Å². The molecule has 2 heterocycles. The summed E-state index contributed by atoms with van der Waals surface area (Å²) in [5.74, 6) is -0.582. The number of aromatic nitrogens is 2. The van der Waals surface area contributed by atoms with Crippen LogP contribution in [0.3, 0.4) is 0 Å². The van der Waals surface area contributed by atoms with Gasteiger partial charge < -0.3 is 19.6 Å². The van der Waals surface area contributed by atoms with Gasteiger partial charge in [0.25, 0.3) is 5.56 Å². The first kappa shape index (κ1) is 18.2. The maximum atomic E-state index is 11.8. The van der Waals surface area contributed by atoms with Crippen LogP contribution in [0.1, 0.15) is 23.0 Å². The van der Waals surface area contributed by atoms with Gasteiger partial charge in [-0.3, -0.25) is 23.7 Å². The zero-order chi connectivity index (χ0) is 17.4. The normalized spacial score (nSPS) is 24.8. The minimum Gasteiger partial charge on any atom is -0.388 e. The van der Waals surface area contributed by atoms with Crippen LogP contribution in [0.25, 0.3) is 0 Å². The lowest BCUT2D eigenvalue weighted by atomic mass is 10.2. The fraction of sp³-hybridized carbons (Fsp3) is 0.500. The van der Waals surface area contributed by atoms with Crippen molar-refractivity contribution in [2.45, 2.75) is 25.0 Å². The Labute approximate surface area is 136 Å². The van der Waals surface area contributed by atoms with E-state index in [0.29, 0.717) is 0 Å². The highest BCUT2D eigenvalue weighted by molar-refractivity contribution is 9.09. The van der Waals surface area contributed by atoms with E-state index in [9.17, 15) is 24.1 Å². The molecular formula is C10H12BrN2O9P. The second kappa shape index (κ2) is 6.77. The molecule has 13 heteroatoms. The molecule has 0 bridgehead atoms. The fourth-order valence-electron chi connectivity index (χ4n) is 2.00. The largest absolute Gasteiger partial charge is 0.472 e. The summed E-state index contributed by atoms with van der Waals surface area (Å²) in [4.78, 5) is 54.4. The van der Waals surface area contributed by atoms with Crippen molar-refractivity contribution in [3.8, 4) is 0 Å². The third-order valence-electron chi connectivity index (χ3n) is 2.99. The Kier molecular flexibility index (Phi) is 5.36. The number of hydrogen-bond donors (Lipinski definition) is 4. The van der Waals surface area contributed by atoms with Crippen LogP contribution in [0.5, 0.6) is 0 Å². The van der Waals surface area contributed by atoms with Crippen LogP contribution in [0.2, 0.25) is 0 Å². The Bertz CT molecular complexity index is 768. The number of aliphatic hydroxyl groups is 1. The number of phosphoric ester groups is 1. The number of alkyl halides is 1. The van der Waals surface area contributed by atoms with Gasteiger partial charge in [-0.05, 0) is 0 Å². The van der Waals surface area contributed by atoms with Crippen molar-refractivity contribution < 1.29 is 33.5 Å². The first-order valence-electron chi connectivity index (χ1n) is 6.14. The molecule has 128 valence electrons. The summed E-state index contributed by atoms with van der Waals surface area (Å²) in [6.45, 7) is 0. The molecule has 3 atom stereocenters. The Morgan fingerprint density at radius 2 is 2.17 bits per heavy atom. The molecule has 2 rings (SSSR count). The number of phosphoric acid groups is 1. The lowest BCUT2D eigenvalue weighted by Gasteiger charge is -2.17. The van der Waals surface area contributed by atoms with Crippen LogP contribution in [0, 0.1) is 0 Å². The monoisotopic (exact) mass is 414 g/mol. The Morgan fingerprint density at radius 3 is 2.74 bits per heavy atom. The minimum atomic E-state index is -4.91. The Morgan fingerprint density at radius 1 is 1.52 bits per heavy atom. The van der Waals surface area contributed by atoms with Crippen molar-refractivity contribution in [2.24, 2.45) is 0 Å². The standard InChI is InChI=1S/C10H12BrN2O9P/c11-2-6(15)4-3-13(10(17)12-8(4)16)7-1-5(14)9(21-7)22-23(18,19)20/h3,5,7,9,14H,1-2H2,(H,12,16,17)(H2,18,19,20). The molecule has 0 aliphatic carbocycles. The van der Waals surface area contributed by atoms with E-state index in [1.807, 2.05) is 4.98 Å². The van der Waals surface area contributed by atoms with Crippen LogP contribution >= 0.6 is 23.8 Å². The molecule has 0 spiro atoms. The van der Waals surface area contributed by atoms with E-state index in [4.69, 9.17) is 14.5 Å². The summed E-state index contributed by atoms with van der Waals surface area (Å²) >= 11 is 2.90. The molecule has 0 saturated carbocycles. The number of nitrogens with zero attached hydrogens (tertiary/aromatic N) is 1. The van der Waals surface area contributed by atoms with Crippen molar-refractivity contribution in [1.29, 1.82) is 0 Å². The predicted octanol–water partition coefficient (Wildman–Crippen LogP) is -1.17. The van der Waals surface area contributed by atoms with Gasteiger partial charge >= 0.3 is 13.5 Å². The molecule has 23 heavy (non-hydrogen) atoms. The van der Waals surface area contributed by atoms with Gasteiger partial charge in [-0.15, -0.1) is 0 Å². The average Bonchev–Trinajstić information content (AvgIpc) is 2.77. The van der Waals surface area contributed by atoms with E-state index in [1.165, 1.54) is 0 Å². The molecule has 1 aromatic heterocycles. The summed E-state index contributed by atoms with van der Waals surface area (Å²) < 4.78 is 21.0. The van der Waals surface area contributed by atoms with E-state index in [0.717, 1.165) is 10.8 Å². The molecular weight excluding hydrogens is 403 g/mol. The maximum Gasteiger partial charge on any atom is 0.472 e. The Hall–Kier alpha value is -1.14. The number of H-pyrrole nitrogens is 1. The van der Waals surface area contributed by atoms with Gasteiger partial charge in [-0.1, -0.05) is 15.9 Å². The molecule has 0 aromatic carbocycles. The first-order valence-corrected chi connectivity index (χ1v) is 8.79. The molecule has 1 aromatic rings. The smallest absolute Gasteiger partial charge is 0.388 e. The highest BCUT2D eigenvalue weighted by Gasteiger charge is 2.40. The van der Waals surface area contributed by atoms with Crippen LogP contribution in [-0.2, 0) is 13.8 Å². The zero-order valence-electron chi connectivity index (χ0n) is 11.3. The molecule has 4 N–H and O–H groups in total. The number of carbonyl (C=O) groups is 1. The second-order valence-corrected chi connectivity index (χ2v) is 6.38. The minimum absolute atomic E-state index is 0.146. The summed E-state index contributed by atoms with van der Waals surface area (Å²) in [5.41, 5.74) is -2.09. The van der Waals surface area contributed by atoms with Gasteiger partial charge in [0.2, 0.25) is 0 Å². The van der Waals surface area contributed by atoms with Gasteiger partial charge in [0.05, 0.1) is 5.33 Å². The third-order valence-corrected chi connectivity index (χ3v) is 3.98. The van der Waals surface area contributed by atoms with Gasteiger partial charge in [-0.25, -0.2) is 9.36 Å². The van der Waals surface area contributed by atoms with Crippen molar-refractivity contribution in [1.82, 2.24) is 9.55 Å². The predicted molar refractivity (Wildman–Crippen MR) is 77.1 cm³/mol. The lowest BCUT2D eigenvalue weighted by molar-refractivity contribution is -0.135. The number of rotatable bonds is 5. The number of carbonyl (C=O) groups excluding carboxylic acids is 1. The maximum absolute atomic E-state index is 11.8. The van der Waals surface area contributed by atoms with Crippen molar-refractivity contribution in [3.05, 3.63) is 32.6 Å². The molecule has 1 saturated heterocycles. The number of aliphatic hydroxyl groups excluding tert-OH is 1. The number of ketones is 1. The van der Waals surface area contributed by atoms with E-state index in [1.54, 1.807) is 0 Å². The van der Waals surface area contributed by atoms with Gasteiger partial charge in [-0.2, -0.15) is 0 Å². The van der Waals surface area contributed by atoms with Crippen LogP contribution in [-0.4, -0.2) is 48.0 Å². The zero-order valence-corrected chi connectivity index (χ0v) is 13.8. The van der Waals surface area contributed by atoms with E-state index in [-0.39, 0.29) is 17.3 Å². The number of ether oxygens (including phenoxy) is 1. The van der Waals surface area contributed by atoms with E-state index in [2.05, 4.69) is 20.5 Å². The summed E-state index contributed by atoms with van der Waals surface area (Å²) in [6, 6.07) is 0. The summed E-state index contributed by atoms with van der Waals surface area (Å²) in [7, 11) is -4.91. The fourth-order valence-corrected chi connectivity index (χ4v) is 2.76. The van der Waals surface area contributed by atoms with Gasteiger partial charge in [0, 0.05) is 12.6 Å². The Balaban J connectivity index is 2.33. The van der Waals surface area contributed by atoms with Crippen LogP contribution in [0.15, 0.2) is 15.8 Å². The quantitative estimate of drug-likeness (QED) is 0.263. The second-order valence-electron chi connectivity index (χ2n) is 4.62. The SMILES string of the molecule is O=C(CBr)c1cn(C2CC(O)C(OP(=O)(O)O)O2)c(=O)[nH]c1=O. The van der Waals surface area contributed by atoms with Crippen molar-refractivity contribution in [3.63, 3.8) is 0 Å². The molecule has 3 unspecified atom stereocenters. The van der Waals surface area contributed by atoms with Crippen LogP contribution < -0.4 is 11.2 Å². The number of halogens is 1. The van der Waals surface area contributed by atoms with Gasteiger partial charge in [0.15, 0.2) is 12.1 Å². The molecule has 1 aliphatic heterocycles. The van der Waals surface area contributed by atoms with Crippen molar-refractivity contribution in [2.75, 3.05) is 5.33 Å². The molecule has 1 aliphatic rings. The lowest BCUT2D eigenvalue weighted by Crippen LogP contribution is -2.35. The number of nitrogens with one attached hydrogen (secondary N) is 1. The summed E-state index contributed by atoms with van der Waals surface area (Å²) in [6.07, 6.45) is -3.52. The topological polar surface area (TPSA) is 168 Å². The molecule has 0 radical (unpaired) electrons. The van der Waals surface area contributed by atoms with E-state index < -0.39 is 43.5 Å². The summed E-state index contributed by atoms with van der Waals surface area (Å²) in [5, 5.41) is 9.55. The average molecular weight is 415 g/mol. The first-order chi connectivity index (χ1) is 10.6. The third kappa shape index (κ3) is 4.23. The molecule has 11 nitrogen and oxygen atoms in total. The van der Waals surface area contributed by atoms with Crippen molar-refractivity contribution >= 4 is 29.5 Å². The number of Topliss-reactive ketones (excluding diaryl/α,β-unsaturated/α-hetero) is 1. The molecule has 1 fully saturated rings.